The van der Waals surface area contributed by atoms with E-state index in [0.29, 0.717) is 11.8 Å². The zero-order chi connectivity index (χ0) is 11.9. The van der Waals surface area contributed by atoms with Crippen LogP contribution >= 0.6 is 0 Å². The lowest BCUT2D eigenvalue weighted by molar-refractivity contribution is -0.144. The zero-order valence-electron chi connectivity index (χ0n) is 10.3. The molecule has 6 unspecified atom stereocenters. The Morgan fingerprint density at radius 3 is 2.62 bits per heavy atom. The maximum absolute atomic E-state index is 11.7. The van der Waals surface area contributed by atoms with Gasteiger partial charge in [-0.1, -0.05) is 20.3 Å². The van der Waals surface area contributed by atoms with Crippen LogP contribution in [0.1, 0.15) is 33.6 Å². The highest BCUT2D eigenvalue weighted by Crippen LogP contribution is 2.49. The van der Waals surface area contributed by atoms with Gasteiger partial charge in [0.1, 0.15) is 6.10 Å². The summed E-state index contributed by atoms with van der Waals surface area (Å²) in [5, 5.41) is 9.59. The Balaban J connectivity index is 2.26. The molecule has 1 heterocycles. The first-order chi connectivity index (χ1) is 7.60. The summed E-state index contributed by atoms with van der Waals surface area (Å²) in [7, 11) is 0. The largest absolute Gasteiger partial charge is 0.462 e. The molecule has 1 aliphatic heterocycles. The summed E-state index contributed by atoms with van der Waals surface area (Å²) in [5.74, 6) is 1.51. The third-order valence-corrected chi connectivity index (χ3v) is 4.69. The van der Waals surface area contributed by atoms with Gasteiger partial charge in [-0.3, -0.25) is 4.79 Å². The van der Waals surface area contributed by atoms with Gasteiger partial charge in [-0.15, -0.1) is 0 Å². The van der Waals surface area contributed by atoms with E-state index in [1.165, 1.54) is 0 Å². The molecule has 3 nitrogen and oxygen atoms in total. The third-order valence-electron chi connectivity index (χ3n) is 4.69. The Hall–Kier alpha value is -0.570. The summed E-state index contributed by atoms with van der Waals surface area (Å²) < 4.78 is 5.33. The van der Waals surface area contributed by atoms with E-state index >= 15 is 0 Å². The number of aliphatic hydroxyl groups excluding tert-OH is 1. The van der Waals surface area contributed by atoms with Gasteiger partial charge in [0.2, 0.25) is 0 Å². The van der Waals surface area contributed by atoms with Gasteiger partial charge in [-0.2, -0.15) is 0 Å². The lowest BCUT2D eigenvalue weighted by Crippen LogP contribution is -2.43. The maximum atomic E-state index is 11.7. The predicted molar refractivity (Wildman–Crippen MR) is 60.7 cm³/mol. The van der Waals surface area contributed by atoms with Gasteiger partial charge in [0, 0.05) is 12.5 Å². The Labute approximate surface area is 97.2 Å². The van der Waals surface area contributed by atoms with Gasteiger partial charge in [-0.05, 0) is 31.1 Å². The first-order valence-electron chi connectivity index (χ1n) is 6.41. The van der Waals surface area contributed by atoms with Crippen LogP contribution in [0.3, 0.4) is 0 Å². The Bertz CT molecular complexity index is 276. The Morgan fingerprint density at radius 1 is 1.38 bits per heavy atom. The van der Waals surface area contributed by atoms with E-state index in [-0.39, 0.29) is 36.4 Å². The molecule has 0 radical (unpaired) electrons. The number of carbonyl (C=O) groups is 1. The van der Waals surface area contributed by atoms with Crippen LogP contribution in [0, 0.1) is 29.6 Å². The first-order valence-corrected chi connectivity index (χ1v) is 6.41. The molecule has 0 aromatic heterocycles. The lowest BCUT2D eigenvalue weighted by Gasteiger charge is -2.42. The summed E-state index contributed by atoms with van der Waals surface area (Å²) in [6.45, 7) is 6.52. The van der Waals surface area contributed by atoms with Gasteiger partial charge in [0.05, 0.1) is 5.92 Å². The molecule has 2 fully saturated rings. The van der Waals surface area contributed by atoms with E-state index < -0.39 is 0 Å². The highest BCUT2D eigenvalue weighted by Gasteiger charge is 2.52. The number of fused-ring (bicyclic) bond motifs is 1. The minimum atomic E-state index is -0.0441. The van der Waals surface area contributed by atoms with Crippen LogP contribution in [0.5, 0.6) is 0 Å². The summed E-state index contributed by atoms with van der Waals surface area (Å²) in [5.41, 5.74) is 0. The molecule has 1 aliphatic carbocycles. The van der Waals surface area contributed by atoms with Crippen molar-refractivity contribution in [2.24, 2.45) is 29.6 Å². The van der Waals surface area contributed by atoms with E-state index in [0.717, 1.165) is 12.8 Å². The summed E-state index contributed by atoms with van der Waals surface area (Å²) in [6, 6.07) is 0. The van der Waals surface area contributed by atoms with Crippen molar-refractivity contribution in [3.8, 4) is 0 Å². The predicted octanol–water partition coefficient (Wildman–Crippen LogP) is 1.84. The molecule has 0 aromatic carbocycles. The van der Waals surface area contributed by atoms with Gasteiger partial charge in [0.25, 0.3) is 0 Å². The number of aliphatic hydroxyl groups is 1. The fourth-order valence-corrected chi connectivity index (χ4v) is 3.98. The molecule has 1 saturated heterocycles. The van der Waals surface area contributed by atoms with Crippen molar-refractivity contribution in [2.75, 3.05) is 6.61 Å². The minimum Gasteiger partial charge on any atom is -0.462 e. The van der Waals surface area contributed by atoms with Crippen molar-refractivity contribution in [3.63, 3.8) is 0 Å². The van der Waals surface area contributed by atoms with Crippen LogP contribution in [0.2, 0.25) is 0 Å². The number of cyclic esters (lactones) is 1. The highest BCUT2D eigenvalue weighted by molar-refractivity contribution is 5.75. The standard InChI is InChI=1S/C13H22O3/c1-4-9-7(2)5-10-12(11(9)6-14)8(3)16-13(10)15/h7-12,14H,4-6H2,1-3H3. The molecule has 3 heteroatoms. The molecule has 92 valence electrons. The van der Waals surface area contributed by atoms with E-state index in [2.05, 4.69) is 13.8 Å². The topological polar surface area (TPSA) is 46.5 Å². The molecule has 2 aliphatic rings. The van der Waals surface area contributed by atoms with Gasteiger partial charge in [0.15, 0.2) is 0 Å². The van der Waals surface area contributed by atoms with Crippen LogP contribution in [0.15, 0.2) is 0 Å². The minimum absolute atomic E-state index is 0.0174. The fraction of sp³-hybridized carbons (Fsp3) is 0.923. The van der Waals surface area contributed by atoms with Crippen LogP contribution < -0.4 is 0 Å². The van der Waals surface area contributed by atoms with E-state index in [4.69, 9.17) is 4.74 Å². The monoisotopic (exact) mass is 226 g/mol. The smallest absolute Gasteiger partial charge is 0.309 e. The lowest BCUT2D eigenvalue weighted by atomic mass is 9.61. The van der Waals surface area contributed by atoms with Crippen LogP contribution in [0.25, 0.3) is 0 Å². The molecular formula is C13H22O3. The van der Waals surface area contributed by atoms with E-state index in [1.54, 1.807) is 0 Å². The molecule has 6 atom stereocenters. The second-order valence-electron chi connectivity index (χ2n) is 5.46. The molecule has 16 heavy (non-hydrogen) atoms. The van der Waals surface area contributed by atoms with Crippen molar-refractivity contribution < 1.29 is 14.6 Å². The van der Waals surface area contributed by atoms with Crippen molar-refractivity contribution >= 4 is 5.97 Å². The van der Waals surface area contributed by atoms with Gasteiger partial charge >= 0.3 is 5.97 Å². The number of rotatable bonds is 2. The second kappa shape index (κ2) is 4.36. The Kier molecular flexibility index (Phi) is 3.24. The first kappa shape index (κ1) is 11.9. The molecule has 1 saturated carbocycles. The summed E-state index contributed by atoms with van der Waals surface area (Å²) in [6.07, 6.45) is 2.00. The molecular weight excluding hydrogens is 204 g/mol. The second-order valence-corrected chi connectivity index (χ2v) is 5.46. The molecule has 1 N–H and O–H groups in total. The molecule has 0 amide bonds. The maximum Gasteiger partial charge on any atom is 0.309 e. The highest BCUT2D eigenvalue weighted by atomic mass is 16.6. The number of esters is 1. The Morgan fingerprint density at radius 2 is 2.06 bits per heavy atom. The van der Waals surface area contributed by atoms with Crippen molar-refractivity contribution in [1.29, 1.82) is 0 Å². The number of hydrogen-bond donors (Lipinski definition) is 1. The average Bonchev–Trinajstić information content (AvgIpc) is 2.52. The van der Waals surface area contributed by atoms with Crippen molar-refractivity contribution in [1.82, 2.24) is 0 Å². The van der Waals surface area contributed by atoms with Crippen molar-refractivity contribution in [3.05, 3.63) is 0 Å². The van der Waals surface area contributed by atoms with Crippen LogP contribution in [-0.2, 0) is 9.53 Å². The summed E-state index contributed by atoms with van der Waals surface area (Å²) >= 11 is 0. The number of carbonyl (C=O) groups excluding carboxylic acids is 1. The number of hydrogen-bond acceptors (Lipinski definition) is 3. The van der Waals surface area contributed by atoms with Crippen molar-refractivity contribution in [2.45, 2.75) is 39.7 Å². The average molecular weight is 226 g/mol. The zero-order valence-corrected chi connectivity index (χ0v) is 10.3. The van der Waals surface area contributed by atoms with Crippen LogP contribution in [0.4, 0.5) is 0 Å². The molecule has 2 rings (SSSR count). The molecule has 0 bridgehead atoms. The normalized spacial score (nSPS) is 47.6. The SMILES string of the molecule is CCC1C(C)CC2C(=O)OC(C)C2C1CO. The molecule has 0 spiro atoms. The van der Waals surface area contributed by atoms with E-state index in [1.807, 2.05) is 6.92 Å². The van der Waals surface area contributed by atoms with Crippen LogP contribution in [-0.4, -0.2) is 23.8 Å². The molecule has 0 aromatic rings. The number of ether oxygens (including phenoxy) is 1. The quantitative estimate of drug-likeness (QED) is 0.731. The summed E-state index contributed by atoms with van der Waals surface area (Å²) in [4.78, 5) is 11.7. The van der Waals surface area contributed by atoms with E-state index in [9.17, 15) is 9.90 Å². The third kappa shape index (κ3) is 1.65. The van der Waals surface area contributed by atoms with Gasteiger partial charge < -0.3 is 9.84 Å². The fourth-order valence-electron chi connectivity index (χ4n) is 3.98. The van der Waals surface area contributed by atoms with Gasteiger partial charge in [-0.25, -0.2) is 0 Å².